The summed E-state index contributed by atoms with van der Waals surface area (Å²) in [6.45, 7) is 0. The second-order valence-electron chi connectivity index (χ2n) is 7.37. The number of hydrogen-bond donors (Lipinski definition) is 2. The molecular weight excluding hydrogens is 486 g/mol. The van der Waals surface area contributed by atoms with Crippen LogP contribution < -0.4 is 24.8 Å². The summed E-state index contributed by atoms with van der Waals surface area (Å²) in [6, 6.07) is 12.5. The molecule has 0 fully saturated rings. The van der Waals surface area contributed by atoms with Gasteiger partial charge in [0.25, 0.3) is 11.8 Å². The molecule has 0 unspecified atom stereocenters. The molecule has 2 amide bonds. The van der Waals surface area contributed by atoms with E-state index in [0.717, 1.165) is 0 Å². The van der Waals surface area contributed by atoms with Gasteiger partial charge in [-0.3, -0.25) is 19.7 Å². The number of esters is 1. The fraction of sp³-hybridized carbons (Fsp3) is 0.160. The normalized spacial score (nSPS) is 10.2. The van der Waals surface area contributed by atoms with Gasteiger partial charge in [0, 0.05) is 23.3 Å². The van der Waals surface area contributed by atoms with Crippen LogP contribution in [0.15, 0.2) is 54.6 Å². The summed E-state index contributed by atoms with van der Waals surface area (Å²) in [4.78, 5) is 47.8. The number of amides is 2. The molecule has 192 valence electrons. The summed E-state index contributed by atoms with van der Waals surface area (Å²) < 4.78 is 20.3. The number of nitro benzene ring substituents is 1. The van der Waals surface area contributed by atoms with Gasteiger partial charge in [-0.05, 0) is 42.5 Å². The van der Waals surface area contributed by atoms with Crippen LogP contribution in [0.4, 0.5) is 17.1 Å². The highest BCUT2D eigenvalue weighted by Gasteiger charge is 2.19. The highest BCUT2D eigenvalue weighted by molar-refractivity contribution is 6.08. The Bertz CT molecular complexity index is 1370. The fourth-order valence-corrected chi connectivity index (χ4v) is 3.33. The molecule has 0 spiro atoms. The van der Waals surface area contributed by atoms with E-state index in [9.17, 15) is 24.5 Å². The SMILES string of the molecule is COC(=O)c1ccc(NC(=O)c2ccc(NC(=O)c3ccc([N+](=O)[O-])c(OC)c3)c(OC)c2)c(OC)c1. The van der Waals surface area contributed by atoms with E-state index in [4.69, 9.17) is 14.2 Å². The van der Waals surface area contributed by atoms with Gasteiger partial charge in [0.05, 0.1) is 50.3 Å². The van der Waals surface area contributed by atoms with Gasteiger partial charge in [-0.2, -0.15) is 0 Å². The van der Waals surface area contributed by atoms with Crippen molar-refractivity contribution in [3.05, 3.63) is 81.4 Å². The van der Waals surface area contributed by atoms with Gasteiger partial charge in [0.2, 0.25) is 0 Å². The highest BCUT2D eigenvalue weighted by atomic mass is 16.6. The second kappa shape index (κ2) is 11.5. The van der Waals surface area contributed by atoms with Crippen LogP contribution in [0.1, 0.15) is 31.1 Å². The third kappa shape index (κ3) is 5.93. The molecule has 3 aromatic rings. The molecule has 3 rings (SSSR count). The maximum atomic E-state index is 12.9. The predicted octanol–water partition coefficient (Wildman–Crippen LogP) is 3.91. The average Bonchev–Trinajstić information content (AvgIpc) is 2.92. The number of nitro groups is 1. The largest absolute Gasteiger partial charge is 0.495 e. The van der Waals surface area contributed by atoms with Crippen LogP contribution in [0.5, 0.6) is 17.2 Å². The average molecular weight is 509 g/mol. The number of benzene rings is 3. The van der Waals surface area contributed by atoms with Crippen LogP contribution in [0, 0.1) is 10.1 Å². The van der Waals surface area contributed by atoms with Crippen LogP contribution in [-0.2, 0) is 4.74 Å². The lowest BCUT2D eigenvalue weighted by Gasteiger charge is -2.14. The second-order valence-corrected chi connectivity index (χ2v) is 7.37. The number of methoxy groups -OCH3 is 4. The molecule has 12 nitrogen and oxygen atoms in total. The molecule has 0 aliphatic carbocycles. The summed E-state index contributed by atoms with van der Waals surface area (Å²) in [6.07, 6.45) is 0. The van der Waals surface area contributed by atoms with Gasteiger partial charge in [0.1, 0.15) is 11.5 Å². The number of ether oxygens (including phenoxy) is 4. The summed E-state index contributed by atoms with van der Waals surface area (Å²) in [5.74, 6) is -1.23. The van der Waals surface area contributed by atoms with Gasteiger partial charge in [-0.25, -0.2) is 4.79 Å². The van der Waals surface area contributed by atoms with E-state index in [-0.39, 0.29) is 45.3 Å². The molecule has 0 atom stereocenters. The zero-order valence-electron chi connectivity index (χ0n) is 20.3. The molecular formula is C25H23N3O9. The number of carbonyl (C=O) groups is 3. The minimum atomic E-state index is -0.615. The van der Waals surface area contributed by atoms with Crippen molar-refractivity contribution in [2.24, 2.45) is 0 Å². The van der Waals surface area contributed by atoms with Crippen molar-refractivity contribution < 1.29 is 38.3 Å². The van der Waals surface area contributed by atoms with Crippen LogP contribution in [-0.4, -0.2) is 51.1 Å². The Balaban J connectivity index is 1.80. The van der Waals surface area contributed by atoms with Gasteiger partial charge in [0.15, 0.2) is 5.75 Å². The van der Waals surface area contributed by atoms with Crippen molar-refractivity contribution in [2.75, 3.05) is 39.1 Å². The molecule has 3 aromatic carbocycles. The Hall–Kier alpha value is -5.13. The first-order chi connectivity index (χ1) is 17.7. The molecule has 0 aliphatic rings. The molecule has 0 radical (unpaired) electrons. The summed E-state index contributed by atoms with van der Waals surface area (Å²) in [5.41, 5.74) is 0.901. The van der Waals surface area contributed by atoms with Crippen LogP contribution >= 0.6 is 0 Å². The van der Waals surface area contributed by atoms with E-state index in [0.29, 0.717) is 5.69 Å². The van der Waals surface area contributed by atoms with E-state index in [2.05, 4.69) is 15.4 Å². The molecule has 0 aromatic heterocycles. The molecule has 2 N–H and O–H groups in total. The minimum Gasteiger partial charge on any atom is -0.495 e. The standard InChI is InChI=1S/C25H23N3O9/c1-34-20-11-14(23(29)27-18-9-6-16(25(31)37-4)13-21(18)35-2)5-8-17(20)26-24(30)15-7-10-19(28(32)33)22(12-15)36-3/h5-13H,1-4H3,(H,26,30)(H,27,29). The van der Waals surface area contributed by atoms with Crippen molar-refractivity contribution in [1.82, 2.24) is 0 Å². The minimum absolute atomic E-state index is 0.0633. The number of rotatable bonds is 9. The number of anilines is 2. The lowest BCUT2D eigenvalue weighted by Crippen LogP contribution is -2.15. The predicted molar refractivity (Wildman–Crippen MR) is 133 cm³/mol. The molecule has 12 heteroatoms. The first-order valence-electron chi connectivity index (χ1n) is 10.6. The van der Waals surface area contributed by atoms with E-state index in [1.807, 2.05) is 0 Å². The first kappa shape index (κ1) is 26.5. The number of hydrogen-bond acceptors (Lipinski definition) is 9. The number of carbonyl (C=O) groups excluding carboxylic acids is 3. The van der Waals surface area contributed by atoms with E-state index in [1.165, 1.54) is 83.0 Å². The monoisotopic (exact) mass is 509 g/mol. The van der Waals surface area contributed by atoms with Gasteiger partial charge >= 0.3 is 11.7 Å². The van der Waals surface area contributed by atoms with E-state index in [1.54, 1.807) is 0 Å². The lowest BCUT2D eigenvalue weighted by molar-refractivity contribution is -0.385. The van der Waals surface area contributed by atoms with Crippen LogP contribution in [0.25, 0.3) is 0 Å². The van der Waals surface area contributed by atoms with Gasteiger partial charge in [-0.15, -0.1) is 0 Å². The Kier molecular flexibility index (Phi) is 8.25. The van der Waals surface area contributed by atoms with Crippen molar-refractivity contribution in [3.63, 3.8) is 0 Å². The van der Waals surface area contributed by atoms with Crippen LogP contribution in [0.3, 0.4) is 0 Å². The smallest absolute Gasteiger partial charge is 0.337 e. The molecule has 0 saturated carbocycles. The Labute approximate surface area is 211 Å². The number of nitrogens with zero attached hydrogens (tertiary/aromatic N) is 1. The molecule has 0 heterocycles. The van der Waals surface area contributed by atoms with Gasteiger partial charge < -0.3 is 29.6 Å². The molecule has 0 bridgehead atoms. The third-order valence-electron chi connectivity index (χ3n) is 5.22. The number of nitrogens with one attached hydrogen (secondary N) is 2. The van der Waals surface area contributed by atoms with Crippen molar-refractivity contribution in [3.8, 4) is 17.2 Å². The summed E-state index contributed by atoms with van der Waals surface area (Å²) in [5, 5.41) is 16.4. The molecule has 37 heavy (non-hydrogen) atoms. The Morgan fingerprint density at radius 1 is 0.676 bits per heavy atom. The van der Waals surface area contributed by atoms with Crippen molar-refractivity contribution in [2.45, 2.75) is 0 Å². The topological polar surface area (TPSA) is 155 Å². The maximum absolute atomic E-state index is 12.9. The quantitative estimate of drug-likeness (QED) is 0.248. The highest BCUT2D eigenvalue weighted by Crippen LogP contribution is 2.31. The lowest BCUT2D eigenvalue weighted by atomic mass is 10.1. The van der Waals surface area contributed by atoms with Crippen LogP contribution in [0.2, 0.25) is 0 Å². The Morgan fingerprint density at radius 2 is 1.11 bits per heavy atom. The summed E-state index contributed by atoms with van der Waals surface area (Å²) in [7, 11) is 5.29. The zero-order chi connectivity index (χ0) is 27.1. The van der Waals surface area contributed by atoms with E-state index >= 15 is 0 Å². The van der Waals surface area contributed by atoms with E-state index < -0.39 is 22.7 Å². The molecule has 0 aliphatic heterocycles. The van der Waals surface area contributed by atoms with Crippen molar-refractivity contribution >= 4 is 34.8 Å². The first-order valence-corrected chi connectivity index (χ1v) is 10.6. The third-order valence-corrected chi connectivity index (χ3v) is 5.22. The Morgan fingerprint density at radius 3 is 1.57 bits per heavy atom. The fourth-order valence-electron chi connectivity index (χ4n) is 3.33. The zero-order valence-corrected chi connectivity index (χ0v) is 20.3. The summed E-state index contributed by atoms with van der Waals surface area (Å²) >= 11 is 0. The maximum Gasteiger partial charge on any atom is 0.337 e. The van der Waals surface area contributed by atoms with Crippen molar-refractivity contribution in [1.29, 1.82) is 0 Å². The van der Waals surface area contributed by atoms with Gasteiger partial charge in [-0.1, -0.05) is 0 Å². The molecule has 0 saturated heterocycles.